The molecular weight excluding hydrogens is 386 g/mol. The number of para-hydroxylation sites is 1. The van der Waals surface area contributed by atoms with Crippen molar-refractivity contribution < 1.29 is 4.79 Å². The molecule has 0 saturated carbocycles. The third-order valence-electron chi connectivity index (χ3n) is 5.75. The average molecular weight is 416 g/mol. The maximum Gasteiger partial charge on any atom is 0.244 e. The molecule has 1 aromatic heterocycles. The molecule has 1 aliphatic rings. The van der Waals surface area contributed by atoms with E-state index in [0.29, 0.717) is 25.2 Å². The van der Waals surface area contributed by atoms with E-state index in [1.165, 1.54) is 22.2 Å². The van der Waals surface area contributed by atoms with Crippen molar-refractivity contribution in [3.63, 3.8) is 0 Å². The number of H-pyrrole nitrogens is 1. The van der Waals surface area contributed by atoms with Crippen molar-refractivity contribution >= 4 is 33.9 Å². The van der Waals surface area contributed by atoms with E-state index in [-0.39, 0.29) is 12.5 Å². The highest BCUT2D eigenvalue weighted by atomic mass is 16.2. The lowest BCUT2D eigenvalue weighted by Gasteiger charge is -2.37. The number of piperazine rings is 1. The van der Waals surface area contributed by atoms with Gasteiger partial charge in [0.1, 0.15) is 6.54 Å². The first-order valence-electron chi connectivity index (χ1n) is 10.7. The molecule has 6 nitrogen and oxygen atoms in total. The fourth-order valence-electron chi connectivity index (χ4n) is 4.15. The second kappa shape index (κ2) is 9.16. The molecular formula is C25H29N5O. The lowest BCUT2D eigenvalue weighted by molar-refractivity contribution is -0.129. The van der Waals surface area contributed by atoms with Gasteiger partial charge in [0, 0.05) is 67.0 Å². The standard InChI is InChI=1S/C25H29N5O/c1-18(26)15-19(2)28-17-25(31)30-13-11-29(12-14-30)24-6-4-3-5-22(24)20-7-8-23-21(16-20)9-10-27-23/h3-10,16,26-27H,11-15,17H2,1-2H3. The van der Waals surface area contributed by atoms with E-state index in [4.69, 9.17) is 5.41 Å². The first-order chi connectivity index (χ1) is 15.0. The van der Waals surface area contributed by atoms with E-state index in [1.807, 2.05) is 18.0 Å². The number of hydrogen-bond donors (Lipinski definition) is 2. The van der Waals surface area contributed by atoms with E-state index < -0.39 is 0 Å². The molecule has 31 heavy (non-hydrogen) atoms. The van der Waals surface area contributed by atoms with Crippen LogP contribution in [-0.2, 0) is 4.79 Å². The number of carbonyl (C=O) groups excluding carboxylic acids is 1. The minimum atomic E-state index is 0.0628. The van der Waals surface area contributed by atoms with Gasteiger partial charge in [-0.3, -0.25) is 9.79 Å². The van der Waals surface area contributed by atoms with Crippen LogP contribution in [0.4, 0.5) is 5.69 Å². The zero-order valence-electron chi connectivity index (χ0n) is 18.2. The van der Waals surface area contributed by atoms with Crippen LogP contribution in [0.25, 0.3) is 22.0 Å². The van der Waals surface area contributed by atoms with Gasteiger partial charge < -0.3 is 20.2 Å². The lowest BCUT2D eigenvalue weighted by atomic mass is 10.0. The number of aromatic nitrogens is 1. The van der Waals surface area contributed by atoms with Crippen molar-refractivity contribution in [1.29, 1.82) is 5.41 Å². The van der Waals surface area contributed by atoms with Crippen molar-refractivity contribution in [1.82, 2.24) is 9.88 Å². The summed E-state index contributed by atoms with van der Waals surface area (Å²) in [6, 6.07) is 17.1. The molecule has 6 heteroatoms. The van der Waals surface area contributed by atoms with Gasteiger partial charge in [0.25, 0.3) is 0 Å². The Morgan fingerprint density at radius 3 is 2.61 bits per heavy atom. The highest BCUT2D eigenvalue weighted by Gasteiger charge is 2.22. The van der Waals surface area contributed by atoms with Crippen LogP contribution in [0.5, 0.6) is 0 Å². The van der Waals surface area contributed by atoms with Crippen LogP contribution in [0.15, 0.2) is 59.7 Å². The molecule has 0 radical (unpaired) electrons. The highest BCUT2D eigenvalue weighted by Crippen LogP contribution is 2.33. The largest absolute Gasteiger partial charge is 0.367 e. The Morgan fingerprint density at radius 1 is 1.06 bits per heavy atom. The number of carbonyl (C=O) groups is 1. The van der Waals surface area contributed by atoms with Gasteiger partial charge in [-0.15, -0.1) is 0 Å². The van der Waals surface area contributed by atoms with E-state index in [0.717, 1.165) is 24.3 Å². The first-order valence-corrected chi connectivity index (χ1v) is 10.7. The molecule has 4 rings (SSSR count). The van der Waals surface area contributed by atoms with E-state index in [1.54, 1.807) is 6.92 Å². The quantitative estimate of drug-likeness (QED) is 0.587. The molecule has 0 bridgehead atoms. The molecule has 2 N–H and O–H groups in total. The molecule has 1 fully saturated rings. The van der Waals surface area contributed by atoms with Gasteiger partial charge >= 0.3 is 0 Å². The molecule has 2 aromatic carbocycles. The molecule has 0 aliphatic carbocycles. The zero-order chi connectivity index (χ0) is 21.8. The number of amides is 1. The fraction of sp³-hybridized carbons (Fsp3) is 0.320. The third-order valence-corrected chi connectivity index (χ3v) is 5.75. The Labute approximate surface area is 183 Å². The first kappa shape index (κ1) is 20.8. The molecule has 3 aromatic rings. The van der Waals surface area contributed by atoms with Gasteiger partial charge in [-0.25, -0.2) is 0 Å². The summed E-state index contributed by atoms with van der Waals surface area (Å²) in [5.74, 6) is 0.0628. The van der Waals surface area contributed by atoms with Gasteiger partial charge in [-0.2, -0.15) is 0 Å². The summed E-state index contributed by atoms with van der Waals surface area (Å²) < 4.78 is 0. The second-order valence-corrected chi connectivity index (χ2v) is 8.17. The Kier molecular flexibility index (Phi) is 6.16. The number of fused-ring (bicyclic) bond motifs is 1. The van der Waals surface area contributed by atoms with Crippen LogP contribution >= 0.6 is 0 Å². The Bertz CT molecular complexity index is 1120. The average Bonchev–Trinajstić information content (AvgIpc) is 3.25. The summed E-state index contributed by atoms with van der Waals surface area (Å²) in [5.41, 5.74) is 6.17. The van der Waals surface area contributed by atoms with Gasteiger partial charge in [-0.1, -0.05) is 24.3 Å². The number of aliphatic imine (C=N–C) groups is 1. The smallest absolute Gasteiger partial charge is 0.244 e. The number of nitrogens with zero attached hydrogens (tertiary/aromatic N) is 3. The van der Waals surface area contributed by atoms with Crippen molar-refractivity contribution in [2.75, 3.05) is 37.6 Å². The van der Waals surface area contributed by atoms with Crippen molar-refractivity contribution in [2.24, 2.45) is 4.99 Å². The Balaban J connectivity index is 1.43. The maximum absolute atomic E-state index is 12.6. The minimum absolute atomic E-state index is 0.0628. The zero-order valence-corrected chi connectivity index (χ0v) is 18.2. The Morgan fingerprint density at radius 2 is 1.84 bits per heavy atom. The van der Waals surface area contributed by atoms with Crippen LogP contribution in [0, 0.1) is 5.41 Å². The molecule has 0 spiro atoms. The summed E-state index contributed by atoms with van der Waals surface area (Å²) in [5, 5.41) is 8.74. The minimum Gasteiger partial charge on any atom is -0.367 e. The van der Waals surface area contributed by atoms with Crippen molar-refractivity contribution in [2.45, 2.75) is 20.3 Å². The van der Waals surface area contributed by atoms with Gasteiger partial charge in [0.05, 0.1) is 0 Å². The van der Waals surface area contributed by atoms with E-state index >= 15 is 0 Å². The molecule has 2 heterocycles. The SMILES string of the molecule is CC(=N)CC(C)=NCC(=O)N1CCN(c2ccccc2-c2ccc3[nH]ccc3c2)CC1. The van der Waals surface area contributed by atoms with Crippen LogP contribution < -0.4 is 4.90 Å². The summed E-state index contributed by atoms with van der Waals surface area (Å²) in [6.07, 6.45) is 2.50. The van der Waals surface area contributed by atoms with Crippen LogP contribution in [0.1, 0.15) is 20.3 Å². The predicted molar refractivity (Wildman–Crippen MR) is 129 cm³/mol. The molecule has 0 atom stereocenters. The number of hydrogen-bond acceptors (Lipinski definition) is 4. The van der Waals surface area contributed by atoms with E-state index in [9.17, 15) is 4.79 Å². The molecule has 1 saturated heterocycles. The lowest BCUT2D eigenvalue weighted by Crippen LogP contribution is -2.49. The van der Waals surface area contributed by atoms with Gasteiger partial charge in [-0.05, 0) is 49.1 Å². The van der Waals surface area contributed by atoms with Gasteiger partial charge in [0.15, 0.2) is 0 Å². The number of nitrogens with one attached hydrogen (secondary N) is 2. The second-order valence-electron chi connectivity index (χ2n) is 8.17. The summed E-state index contributed by atoms with van der Waals surface area (Å²) >= 11 is 0. The summed E-state index contributed by atoms with van der Waals surface area (Å²) in [4.78, 5) is 24.4. The summed E-state index contributed by atoms with van der Waals surface area (Å²) in [7, 11) is 0. The van der Waals surface area contributed by atoms with Crippen LogP contribution in [0.2, 0.25) is 0 Å². The summed E-state index contributed by atoms with van der Waals surface area (Å²) in [6.45, 7) is 6.81. The molecule has 160 valence electrons. The molecule has 1 amide bonds. The number of benzene rings is 2. The predicted octanol–water partition coefficient (Wildman–Crippen LogP) is 4.37. The van der Waals surface area contributed by atoms with E-state index in [2.05, 4.69) is 63.4 Å². The van der Waals surface area contributed by atoms with Crippen LogP contribution in [0.3, 0.4) is 0 Å². The fourth-order valence-corrected chi connectivity index (χ4v) is 4.15. The third kappa shape index (κ3) is 4.85. The van der Waals surface area contributed by atoms with Crippen molar-refractivity contribution in [3.8, 4) is 11.1 Å². The van der Waals surface area contributed by atoms with Crippen molar-refractivity contribution in [3.05, 3.63) is 54.7 Å². The Hall–Kier alpha value is -3.41. The van der Waals surface area contributed by atoms with Gasteiger partial charge in [0.2, 0.25) is 5.91 Å². The maximum atomic E-state index is 12.6. The molecule has 0 unspecified atom stereocenters. The monoisotopic (exact) mass is 415 g/mol. The highest BCUT2D eigenvalue weighted by molar-refractivity contribution is 6.01. The number of rotatable bonds is 6. The van der Waals surface area contributed by atoms with Crippen LogP contribution in [-0.4, -0.2) is 59.9 Å². The topological polar surface area (TPSA) is 75.6 Å². The molecule has 1 aliphatic heterocycles. The number of aromatic amines is 1. The normalized spacial score (nSPS) is 14.8. The number of anilines is 1.